The number of carbonyl (C=O) groups excluding carboxylic acids is 1. The normalized spacial score (nSPS) is 19.7. The first kappa shape index (κ1) is 16.4. The largest absolute Gasteiger partial charge is 0.388 e. The fourth-order valence-corrected chi connectivity index (χ4v) is 3.00. The van der Waals surface area contributed by atoms with Crippen molar-refractivity contribution in [1.29, 1.82) is 0 Å². The highest BCUT2D eigenvalue weighted by Gasteiger charge is 2.31. The molecule has 0 saturated heterocycles. The molecule has 3 rings (SSSR count). The zero-order valence-corrected chi connectivity index (χ0v) is 13.3. The lowest BCUT2D eigenvalue weighted by molar-refractivity contribution is 0.0449. The molecule has 2 aliphatic carbocycles. The monoisotopic (exact) mass is 321 g/mol. The van der Waals surface area contributed by atoms with E-state index in [4.69, 9.17) is 4.74 Å². The summed E-state index contributed by atoms with van der Waals surface area (Å²) in [6.45, 7) is 1.09. The van der Waals surface area contributed by atoms with Crippen LogP contribution < -0.4 is 5.32 Å². The lowest BCUT2D eigenvalue weighted by Gasteiger charge is -2.22. The summed E-state index contributed by atoms with van der Waals surface area (Å²) in [6, 6.07) is 4.30. The second-order valence-electron chi connectivity index (χ2n) is 6.88. The molecule has 0 bridgehead atoms. The maximum absolute atomic E-state index is 13.8. The molecule has 0 aromatic heterocycles. The van der Waals surface area contributed by atoms with E-state index in [1.807, 2.05) is 0 Å². The van der Waals surface area contributed by atoms with Crippen LogP contribution in [0.15, 0.2) is 18.2 Å². The van der Waals surface area contributed by atoms with E-state index in [-0.39, 0.29) is 24.9 Å². The summed E-state index contributed by atoms with van der Waals surface area (Å²) in [7, 11) is 0. The van der Waals surface area contributed by atoms with Crippen molar-refractivity contribution >= 4 is 5.91 Å². The Kier molecular flexibility index (Phi) is 4.97. The van der Waals surface area contributed by atoms with Gasteiger partial charge in [-0.05, 0) is 49.8 Å². The van der Waals surface area contributed by atoms with Gasteiger partial charge in [0, 0.05) is 24.3 Å². The lowest BCUT2D eigenvalue weighted by Crippen LogP contribution is -2.40. The van der Waals surface area contributed by atoms with Crippen molar-refractivity contribution in [3.63, 3.8) is 0 Å². The molecule has 0 radical (unpaired) electrons. The van der Waals surface area contributed by atoms with Crippen LogP contribution in [-0.2, 0) is 11.3 Å². The van der Waals surface area contributed by atoms with Gasteiger partial charge < -0.3 is 15.2 Å². The molecule has 0 aliphatic heterocycles. The van der Waals surface area contributed by atoms with Crippen LogP contribution in [0.25, 0.3) is 0 Å². The van der Waals surface area contributed by atoms with E-state index in [1.165, 1.54) is 31.0 Å². The second-order valence-corrected chi connectivity index (χ2v) is 6.88. The van der Waals surface area contributed by atoms with Crippen LogP contribution >= 0.6 is 0 Å². The van der Waals surface area contributed by atoms with Crippen LogP contribution in [0.4, 0.5) is 4.39 Å². The molecule has 2 N–H and O–H groups in total. The SMILES string of the molecule is O=C(NCC1(O)CCCC1)c1ccc(F)c(COCC2CC2)c1. The van der Waals surface area contributed by atoms with Crippen molar-refractivity contribution in [2.75, 3.05) is 13.2 Å². The number of carbonyl (C=O) groups is 1. The fraction of sp³-hybridized carbons (Fsp3) is 0.611. The summed E-state index contributed by atoms with van der Waals surface area (Å²) < 4.78 is 19.3. The molecule has 0 unspecified atom stereocenters. The van der Waals surface area contributed by atoms with Crippen LogP contribution in [0, 0.1) is 11.7 Å². The van der Waals surface area contributed by atoms with E-state index >= 15 is 0 Å². The van der Waals surface area contributed by atoms with Gasteiger partial charge in [0.2, 0.25) is 0 Å². The summed E-state index contributed by atoms with van der Waals surface area (Å²) in [5.74, 6) is -0.0164. The summed E-state index contributed by atoms with van der Waals surface area (Å²) in [6.07, 6.45) is 5.80. The minimum atomic E-state index is -0.786. The maximum Gasteiger partial charge on any atom is 0.251 e. The van der Waals surface area contributed by atoms with Crippen LogP contribution in [0.3, 0.4) is 0 Å². The van der Waals surface area contributed by atoms with Gasteiger partial charge in [-0.15, -0.1) is 0 Å². The highest BCUT2D eigenvalue weighted by Crippen LogP contribution is 2.29. The molecule has 1 amide bonds. The Hall–Kier alpha value is -1.46. The van der Waals surface area contributed by atoms with Crippen LogP contribution in [0.5, 0.6) is 0 Å². The summed E-state index contributed by atoms with van der Waals surface area (Å²) >= 11 is 0. The van der Waals surface area contributed by atoms with E-state index in [9.17, 15) is 14.3 Å². The van der Waals surface area contributed by atoms with E-state index in [0.717, 1.165) is 25.7 Å². The van der Waals surface area contributed by atoms with Gasteiger partial charge in [0.1, 0.15) is 5.82 Å². The third-order valence-electron chi connectivity index (χ3n) is 4.73. The van der Waals surface area contributed by atoms with Crippen molar-refractivity contribution in [2.24, 2.45) is 5.92 Å². The van der Waals surface area contributed by atoms with Crippen molar-refractivity contribution in [3.05, 3.63) is 35.1 Å². The molecule has 0 atom stereocenters. The first-order valence-corrected chi connectivity index (χ1v) is 8.42. The molecular weight excluding hydrogens is 297 g/mol. The lowest BCUT2D eigenvalue weighted by atomic mass is 10.0. The number of ether oxygens (including phenoxy) is 1. The van der Waals surface area contributed by atoms with Crippen molar-refractivity contribution in [1.82, 2.24) is 5.32 Å². The zero-order chi connectivity index (χ0) is 16.3. The molecule has 1 aromatic carbocycles. The molecule has 126 valence electrons. The predicted octanol–water partition coefficient (Wildman–Crippen LogP) is 2.79. The Morgan fingerprint density at radius 1 is 1.35 bits per heavy atom. The Morgan fingerprint density at radius 3 is 2.78 bits per heavy atom. The Labute approximate surface area is 136 Å². The van der Waals surface area contributed by atoms with E-state index in [1.54, 1.807) is 0 Å². The number of hydrogen-bond donors (Lipinski definition) is 2. The van der Waals surface area contributed by atoms with Gasteiger partial charge in [0.25, 0.3) is 5.91 Å². The average molecular weight is 321 g/mol. The van der Waals surface area contributed by atoms with Crippen molar-refractivity contribution in [2.45, 2.75) is 50.7 Å². The number of aliphatic hydroxyl groups is 1. The quantitative estimate of drug-likeness (QED) is 0.812. The maximum atomic E-state index is 13.8. The van der Waals surface area contributed by atoms with E-state index < -0.39 is 5.60 Å². The third kappa shape index (κ3) is 4.52. The number of rotatable bonds is 7. The van der Waals surface area contributed by atoms with Crippen molar-refractivity contribution in [3.8, 4) is 0 Å². The van der Waals surface area contributed by atoms with Gasteiger partial charge in [-0.3, -0.25) is 4.79 Å². The number of amides is 1. The summed E-state index contributed by atoms with van der Waals surface area (Å²) in [4.78, 5) is 12.2. The van der Waals surface area contributed by atoms with Crippen molar-refractivity contribution < 1.29 is 19.0 Å². The first-order chi connectivity index (χ1) is 11.1. The van der Waals surface area contributed by atoms with Gasteiger partial charge in [-0.25, -0.2) is 4.39 Å². The standard InChI is InChI=1S/C18H24FNO3/c19-16-6-5-14(9-15(16)11-23-10-13-3-4-13)17(21)20-12-18(22)7-1-2-8-18/h5-6,9,13,22H,1-4,7-8,10-12H2,(H,20,21). The molecule has 2 saturated carbocycles. The van der Waals surface area contributed by atoms with Gasteiger partial charge >= 0.3 is 0 Å². The molecule has 5 heteroatoms. The Morgan fingerprint density at radius 2 is 2.09 bits per heavy atom. The molecule has 2 fully saturated rings. The molecular formula is C18H24FNO3. The van der Waals surface area contributed by atoms with E-state index in [0.29, 0.717) is 23.7 Å². The average Bonchev–Trinajstić information content (AvgIpc) is 3.26. The third-order valence-corrected chi connectivity index (χ3v) is 4.73. The second kappa shape index (κ2) is 6.97. The number of benzene rings is 1. The molecule has 0 heterocycles. The topological polar surface area (TPSA) is 58.6 Å². The van der Waals surface area contributed by atoms with Crippen LogP contribution in [-0.4, -0.2) is 29.8 Å². The highest BCUT2D eigenvalue weighted by atomic mass is 19.1. The van der Waals surface area contributed by atoms with Crippen LogP contribution in [0.2, 0.25) is 0 Å². The summed E-state index contributed by atoms with van der Waals surface area (Å²) in [5.41, 5.74) is 0.0159. The first-order valence-electron chi connectivity index (χ1n) is 8.42. The molecule has 4 nitrogen and oxygen atoms in total. The van der Waals surface area contributed by atoms with Gasteiger partial charge in [0.15, 0.2) is 0 Å². The Balaban J connectivity index is 1.56. The smallest absolute Gasteiger partial charge is 0.251 e. The number of hydrogen-bond acceptors (Lipinski definition) is 3. The minimum absolute atomic E-state index is 0.188. The zero-order valence-electron chi connectivity index (χ0n) is 13.3. The molecule has 2 aliphatic rings. The highest BCUT2D eigenvalue weighted by molar-refractivity contribution is 5.94. The molecule has 1 aromatic rings. The number of halogens is 1. The summed E-state index contributed by atoms with van der Waals surface area (Å²) in [5, 5.41) is 13.0. The Bertz CT molecular complexity index is 565. The van der Waals surface area contributed by atoms with E-state index in [2.05, 4.69) is 5.32 Å². The molecule has 23 heavy (non-hydrogen) atoms. The fourth-order valence-electron chi connectivity index (χ4n) is 3.00. The van der Waals surface area contributed by atoms with Gasteiger partial charge in [-0.2, -0.15) is 0 Å². The van der Waals surface area contributed by atoms with Crippen LogP contribution in [0.1, 0.15) is 54.4 Å². The van der Waals surface area contributed by atoms with Gasteiger partial charge in [-0.1, -0.05) is 12.8 Å². The predicted molar refractivity (Wildman–Crippen MR) is 84.5 cm³/mol. The number of nitrogens with one attached hydrogen (secondary N) is 1. The van der Waals surface area contributed by atoms with Gasteiger partial charge in [0.05, 0.1) is 12.2 Å². The minimum Gasteiger partial charge on any atom is -0.388 e. The molecule has 0 spiro atoms.